The maximum absolute atomic E-state index is 11.7. The molecule has 6 heteroatoms. The molecule has 0 saturated heterocycles. The molecular formula is C14H12ClN3O2. The number of fused-ring (bicyclic) bond motifs is 1. The first kappa shape index (κ1) is 12.7. The average molecular weight is 290 g/mol. The minimum absolute atomic E-state index is 0.397. The Morgan fingerprint density at radius 2 is 2.20 bits per heavy atom. The van der Waals surface area contributed by atoms with Gasteiger partial charge < -0.3 is 9.73 Å². The molecule has 0 saturated carbocycles. The number of halogens is 1. The third kappa shape index (κ3) is 2.53. The van der Waals surface area contributed by atoms with Gasteiger partial charge in [-0.1, -0.05) is 17.7 Å². The summed E-state index contributed by atoms with van der Waals surface area (Å²) in [6.07, 6.45) is 1.64. The molecule has 2 heterocycles. The van der Waals surface area contributed by atoms with Crippen molar-refractivity contribution in [1.29, 1.82) is 0 Å². The largest absolute Gasteiger partial charge is 0.421 e. The minimum atomic E-state index is -0.397. The Kier molecular flexibility index (Phi) is 3.43. The van der Waals surface area contributed by atoms with Crippen LogP contribution in [-0.2, 0) is 6.54 Å². The van der Waals surface area contributed by atoms with Crippen molar-refractivity contribution in [3.8, 4) is 0 Å². The summed E-state index contributed by atoms with van der Waals surface area (Å²) in [6, 6.07) is 10.9. The first-order valence-corrected chi connectivity index (χ1v) is 6.55. The highest BCUT2D eigenvalue weighted by Crippen LogP contribution is 2.14. The molecule has 102 valence electrons. The molecule has 0 unspecified atom stereocenters. The average Bonchev–Trinajstić information content (AvgIpc) is 2.75. The van der Waals surface area contributed by atoms with Crippen molar-refractivity contribution in [3.63, 3.8) is 0 Å². The second-order valence-electron chi connectivity index (χ2n) is 4.28. The van der Waals surface area contributed by atoms with Crippen molar-refractivity contribution in [2.45, 2.75) is 6.54 Å². The molecule has 3 rings (SSSR count). The third-order valence-electron chi connectivity index (χ3n) is 2.91. The number of nitrogens with zero attached hydrogens (tertiary/aromatic N) is 2. The zero-order valence-electron chi connectivity index (χ0n) is 10.5. The highest BCUT2D eigenvalue weighted by Gasteiger charge is 2.08. The van der Waals surface area contributed by atoms with Crippen LogP contribution in [0, 0.1) is 0 Å². The number of aromatic nitrogens is 2. The van der Waals surface area contributed by atoms with Crippen LogP contribution in [0.2, 0.25) is 5.02 Å². The lowest BCUT2D eigenvalue weighted by molar-refractivity contribution is 0.509. The highest BCUT2D eigenvalue weighted by atomic mass is 35.5. The van der Waals surface area contributed by atoms with Crippen LogP contribution < -0.4 is 11.1 Å². The standard InChI is InChI=1S/C14H12ClN3O2/c15-10-3-1-4-11(9-10)16-7-8-18-13-12(20-14(18)19)5-2-6-17-13/h1-6,9,16H,7-8H2. The third-order valence-corrected chi connectivity index (χ3v) is 3.15. The van der Waals surface area contributed by atoms with Crippen molar-refractivity contribution in [2.75, 3.05) is 11.9 Å². The normalized spacial score (nSPS) is 10.8. The first-order valence-electron chi connectivity index (χ1n) is 6.18. The number of rotatable bonds is 4. The Labute approximate surface area is 119 Å². The number of nitrogens with one attached hydrogen (secondary N) is 1. The summed E-state index contributed by atoms with van der Waals surface area (Å²) in [5, 5.41) is 3.87. The van der Waals surface area contributed by atoms with Crippen LogP contribution in [0.4, 0.5) is 5.69 Å². The van der Waals surface area contributed by atoms with Gasteiger partial charge in [0, 0.05) is 30.0 Å². The van der Waals surface area contributed by atoms with Gasteiger partial charge >= 0.3 is 5.76 Å². The smallest absolute Gasteiger partial charge is 0.406 e. The number of hydrogen-bond acceptors (Lipinski definition) is 4. The molecule has 1 N–H and O–H groups in total. The predicted molar refractivity (Wildman–Crippen MR) is 78.2 cm³/mol. The SMILES string of the molecule is O=c1oc2cccnc2n1CCNc1cccc(Cl)c1. The van der Waals surface area contributed by atoms with Crippen molar-refractivity contribution in [2.24, 2.45) is 0 Å². The molecule has 0 aliphatic heterocycles. The summed E-state index contributed by atoms with van der Waals surface area (Å²) in [6.45, 7) is 1.04. The monoisotopic (exact) mass is 289 g/mol. The summed E-state index contributed by atoms with van der Waals surface area (Å²) < 4.78 is 6.62. The topological polar surface area (TPSA) is 60.1 Å². The van der Waals surface area contributed by atoms with E-state index >= 15 is 0 Å². The molecule has 1 aromatic carbocycles. The molecule has 0 fully saturated rings. The van der Waals surface area contributed by atoms with E-state index in [9.17, 15) is 4.79 Å². The van der Waals surface area contributed by atoms with Crippen molar-refractivity contribution in [3.05, 3.63) is 58.2 Å². The fourth-order valence-electron chi connectivity index (χ4n) is 2.01. The Morgan fingerprint density at radius 1 is 1.30 bits per heavy atom. The lowest BCUT2D eigenvalue weighted by Gasteiger charge is -2.06. The van der Waals surface area contributed by atoms with Gasteiger partial charge in [-0.15, -0.1) is 0 Å². The van der Waals surface area contributed by atoms with Crippen molar-refractivity contribution < 1.29 is 4.42 Å². The van der Waals surface area contributed by atoms with Gasteiger partial charge in [0.15, 0.2) is 11.2 Å². The van der Waals surface area contributed by atoms with Gasteiger partial charge in [-0.3, -0.25) is 4.57 Å². The zero-order chi connectivity index (χ0) is 13.9. The molecule has 0 spiro atoms. The van der Waals surface area contributed by atoms with E-state index in [0.29, 0.717) is 29.3 Å². The Bertz CT molecular complexity index is 794. The van der Waals surface area contributed by atoms with Gasteiger partial charge in [0.25, 0.3) is 0 Å². The second-order valence-corrected chi connectivity index (χ2v) is 4.72. The van der Waals surface area contributed by atoms with Crippen LogP contribution in [0.5, 0.6) is 0 Å². The van der Waals surface area contributed by atoms with Gasteiger partial charge in [-0.25, -0.2) is 9.78 Å². The number of pyridine rings is 1. The van der Waals surface area contributed by atoms with E-state index in [4.69, 9.17) is 16.0 Å². The molecule has 20 heavy (non-hydrogen) atoms. The maximum Gasteiger partial charge on any atom is 0.421 e. The van der Waals surface area contributed by atoms with Gasteiger partial charge in [-0.2, -0.15) is 0 Å². The summed E-state index contributed by atoms with van der Waals surface area (Å²) in [5.74, 6) is -0.397. The molecule has 0 atom stereocenters. The van der Waals surface area contributed by atoms with E-state index in [1.54, 1.807) is 18.3 Å². The minimum Gasteiger partial charge on any atom is -0.406 e. The van der Waals surface area contributed by atoms with Crippen LogP contribution in [0.25, 0.3) is 11.2 Å². The fourth-order valence-corrected chi connectivity index (χ4v) is 2.20. The summed E-state index contributed by atoms with van der Waals surface area (Å²) in [4.78, 5) is 15.9. The lowest BCUT2D eigenvalue weighted by Crippen LogP contribution is -2.19. The van der Waals surface area contributed by atoms with E-state index in [1.165, 1.54) is 4.57 Å². The van der Waals surface area contributed by atoms with Gasteiger partial charge in [0.05, 0.1) is 0 Å². The number of hydrogen-bond donors (Lipinski definition) is 1. The molecule has 0 aliphatic carbocycles. The second kappa shape index (κ2) is 5.38. The van der Waals surface area contributed by atoms with E-state index in [-0.39, 0.29) is 0 Å². The summed E-state index contributed by atoms with van der Waals surface area (Å²) >= 11 is 5.91. The number of benzene rings is 1. The lowest BCUT2D eigenvalue weighted by atomic mass is 10.3. The van der Waals surface area contributed by atoms with Gasteiger partial charge in [-0.05, 0) is 30.3 Å². The van der Waals surface area contributed by atoms with Gasteiger partial charge in [0.2, 0.25) is 0 Å². The fraction of sp³-hybridized carbons (Fsp3) is 0.143. The molecule has 0 amide bonds. The van der Waals surface area contributed by atoms with E-state index < -0.39 is 5.76 Å². The summed E-state index contributed by atoms with van der Waals surface area (Å²) in [5.41, 5.74) is 1.97. The quantitative estimate of drug-likeness (QED) is 0.802. The molecular weight excluding hydrogens is 278 g/mol. The van der Waals surface area contributed by atoms with Crippen molar-refractivity contribution in [1.82, 2.24) is 9.55 Å². The Hall–Kier alpha value is -2.27. The van der Waals surface area contributed by atoms with E-state index in [0.717, 1.165) is 5.69 Å². The van der Waals surface area contributed by atoms with Crippen LogP contribution in [0.1, 0.15) is 0 Å². The summed E-state index contributed by atoms with van der Waals surface area (Å²) in [7, 11) is 0. The Balaban J connectivity index is 1.74. The van der Waals surface area contributed by atoms with Gasteiger partial charge in [0.1, 0.15) is 0 Å². The van der Waals surface area contributed by atoms with Crippen LogP contribution in [0.3, 0.4) is 0 Å². The Morgan fingerprint density at radius 3 is 3.05 bits per heavy atom. The molecule has 3 aromatic rings. The van der Waals surface area contributed by atoms with Crippen LogP contribution in [-0.4, -0.2) is 16.1 Å². The molecule has 0 radical (unpaired) electrons. The molecule has 0 aliphatic rings. The number of anilines is 1. The van der Waals surface area contributed by atoms with Crippen molar-refractivity contribution >= 4 is 28.5 Å². The van der Waals surface area contributed by atoms with Crippen LogP contribution in [0.15, 0.2) is 51.8 Å². The van der Waals surface area contributed by atoms with E-state index in [2.05, 4.69) is 10.3 Å². The van der Waals surface area contributed by atoms with E-state index in [1.807, 2.05) is 24.3 Å². The maximum atomic E-state index is 11.7. The number of oxazole rings is 1. The highest BCUT2D eigenvalue weighted by molar-refractivity contribution is 6.30. The molecule has 0 bridgehead atoms. The van der Waals surface area contributed by atoms with Crippen LogP contribution >= 0.6 is 11.6 Å². The first-order chi connectivity index (χ1) is 9.74. The molecule has 2 aromatic heterocycles. The zero-order valence-corrected chi connectivity index (χ0v) is 11.3. The molecule has 5 nitrogen and oxygen atoms in total. The predicted octanol–water partition coefficient (Wildman–Crippen LogP) is 2.75.